The number of carboxylic acids is 2. The standard InChI is InChI=1S/C31H37NO3.C4H6O6/c33-25-12-11-22-16-24-23-17-30(13-5-10-20-6-2-1-3-7-20)19-34-28(30)29-31(23,26(22)27(25)35-29)14-15-32(24)18-21-8-4-9-21;5-1(3(7)8)2(6)4(9)10/h1-3,6-7,11-12,21,23-24,28-29,33H,4-5,8-10,13-19H2;1-2,5-6H,(H,7,8)(H,9,10)/t23?,24?,28-,29?,30-,31?;/m1./s1. The van der Waals surface area contributed by atoms with Gasteiger partial charge in [0, 0.05) is 29.0 Å². The van der Waals surface area contributed by atoms with E-state index >= 15 is 0 Å². The molecule has 3 aliphatic carbocycles. The summed E-state index contributed by atoms with van der Waals surface area (Å²) in [6, 6.07) is 15.6. The molecule has 3 heterocycles. The number of ether oxygens (including phenoxy) is 2. The van der Waals surface area contributed by atoms with E-state index in [1.54, 1.807) is 0 Å². The highest BCUT2D eigenvalue weighted by Crippen LogP contribution is 2.69. The van der Waals surface area contributed by atoms with E-state index in [2.05, 4.69) is 41.3 Å². The van der Waals surface area contributed by atoms with Crippen LogP contribution in [0.5, 0.6) is 11.5 Å². The van der Waals surface area contributed by atoms with Crippen LogP contribution in [-0.4, -0.2) is 92.5 Å². The van der Waals surface area contributed by atoms with Crippen molar-refractivity contribution < 1.29 is 44.6 Å². The molecule has 2 bridgehead atoms. The Morgan fingerprint density at radius 2 is 1.73 bits per heavy atom. The third-order valence-corrected chi connectivity index (χ3v) is 11.8. The Labute approximate surface area is 262 Å². The average Bonchev–Trinajstić information content (AvgIpc) is 3.32. The van der Waals surface area contributed by atoms with Crippen LogP contribution < -0.4 is 4.74 Å². The summed E-state index contributed by atoms with van der Waals surface area (Å²) in [6.45, 7) is 3.33. The third kappa shape index (κ3) is 4.92. The van der Waals surface area contributed by atoms with Crippen LogP contribution >= 0.6 is 0 Å². The van der Waals surface area contributed by atoms with Gasteiger partial charge in [-0.1, -0.05) is 42.8 Å². The fourth-order valence-electron chi connectivity index (χ4n) is 9.42. The highest BCUT2D eigenvalue weighted by Gasteiger charge is 2.73. The number of carbonyl (C=O) groups is 2. The van der Waals surface area contributed by atoms with Gasteiger partial charge >= 0.3 is 11.9 Å². The molecule has 0 radical (unpaired) electrons. The van der Waals surface area contributed by atoms with Gasteiger partial charge in [0.15, 0.2) is 23.7 Å². The summed E-state index contributed by atoms with van der Waals surface area (Å²) >= 11 is 0. The normalized spacial score (nSPS) is 33.6. The van der Waals surface area contributed by atoms with Crippen LogP contribution in [-0.2, 0) is 32.6 Å². The van der Waals surface area contributed by atoms with E-state index < -0.39 is 24.1 Å². The minimum Gasteiger partial charge on any atom is -0.504 e. The first-order valence-corrected chi connectivity index (χ1v) is 16.4. The first-order chi connectivity index (χ1) is 21.6. The largest absolute Gasteiger partial charge is 0.504 e. The van der Waals surface area contributed by atoms with E-state index in [1.165, 1.54) is 68.3 Å². The lowest BCUT2D eigenvalue weighted by Gasteiger charge is -2.67. The smallest absolute Gasteiger partial charge is 0.335 e. The summed E-state index contributed by atoms with van der Waals surface area (Å²) in [7, 11) is 0. The summed E-state index contributed by atoms with van der Waals surface area (Å²) in [5, 5.41) is 43.4. The summed E-state index contributed by atoms with van der Waals surface area (Å²) < 4.78 is 13.2. The maximum atomic E-state index is 10.8. The Kier molecular flexibility index (Phi) is 7.83. The number of aliphatic hydroxyl groups is 2. The second-order valence-electron chi connectivity index (χ2n) is 14.1. The van der Waals surface area contributed by atoms with Crippen LogP contribution in [0.3, 0.4) is 0 Å². The van der Waals surface area contributed by atoms with Gasteiger partial charge in [-0.15, -0.1) is 0 Å². The van der Waals surface area contributed by atoms with Crippen LogP contribution in [0, 0.1) is 17.3 Å². The number of hydrogen-bond acceptors (Lipinski definition) is 8. The number of hydrogen-bond donors (Lipinski definition) is 5. The fraction of sp³-hybridized carbons (Fsp3) is 0.600. The van der Waals surface area contributed by atoms with Crippen molar-refractivity contribution in [2.24, 2.45) is 17.3 Å². The molecular formula is C35H43NO9. The van der Waals surface area contributed by atoms with Crippen molar-refractivity contribution in [3.63, 3.8) is 0 Å². The molecule has 0 amide bonds. The van der Waals surface area contributed by atoms with Gasteiger partial charge in [-0.25, -0.2) is 9.59 Å². The molecule has 4 fully saturated rings. The lowest BCUT2D eigenvalue weighted by Crippen LogP contribution is -2.75. The van der Waals surface area contributed by atoms with Gasteiger partial charge in [0.25, 0.3) is 0 Å². The molecule has 2 saturated carbocycles. The van der Waals surface area contributed by atoms with Crippen molar-refractivity contribution in [3.8, 4) is 11.5 Å². The molecule has 1 spiro atoms. The summed E-state index contributed by atoms with van der Waals surface area (Å²) in [6.07, 6.45) is 7.01. The van der Waals surface area contributed by atoms with Gasteiger partial charge in [-0.05, 0) is 86.9 Å². The molecule has 2 aromatic rings. The lowest BCUT2D eigenvalue weighted by atomic mass is 9.45. The first-order valence-electron chi connectivity index (χ1n) is 16.4. The van der Waals surface area contributed by atoms with Gasteiger partial charge in [-0.3, -0.25) is 4.90 Å². The van der Waals surface area contributed by atoms with Gasteiger partial charge in [-0.2, -0.15) is 0 Å². The van der Waals surface area contributed by atoms with E-state index in [1.807, 2.05) is 6.07 Å². The van der Waals surface area contributed by atoms with Crippen molar-refractivity contribution in [1.29, 1.82) is 0 Å². The predicted molar refractivity (Wildman–Crippen MR) is 162 cm³/mol. The van der Waals surface area contributed by atoms with E-state index in [-0.39, 0.29) is 23.0 Å². The molecule has 2 aromatic carbocycles. The number of benzene rings is 2. The average molecular weight is 622 g/mol. The molecule has 5 N–H and O–H groups in total. The number of aryl methyl sites for hydroxylation is 1. The molecule has 10 heteroatoms. The molecule has 242 valence electrons. The Hall–Kier alpha value is -3.18. The van der Waals surface area contributed by atoms with Crippen LogP contribution in [0.2, 0.25) is 0 Å². The monoisotopic (exact) mass is 621 g/mol. The topological polar surface area (TPSA) is 157 Å². The summed E-state index contributed by atoms with van der Waals surface area (Å²) in [5.41, 5.74) is 4.47. The number of rotatable bonds is 9. The number of phenolic OH excluding ortho intramolecular Hbond substituents is 1. The van der Waals surface area contributed by atoms with Crippen molar-refractivity contribution >= 4 is 11.9 Å². The van der Waals surface area contributed by atoms with Crippen LogP contribution in [0.1, 0.15) is 61.6 Å². The zero-order chi connectivity index (χ0) is 31.5. The molecular weight excluding hydrogens is 578 g/mol. The zero-order valence-electron chi connectivity index (χ0n) is 25.4. The van der Waals surface area contributed by atoms with E-state index in [0.29, 0.717) is 17.7 Å². The summed E-state index contributed by atoms with van der Waals surface area (Å²) in [5.74, 6) is -0.909. The molecule has 8 atom stereocenters. The van der Waals surface area contributed by atoms with E-state index in [4.69, 9.17) is 29.9 Å². The molecule has 0 aromatic heterocycles. The van der Waals surface area contributed by atoms with Gasteiger partial charge in [0.1, 0.15) is 12.2 Å². The highest BCUT2D eigenvalue weighted by atomic mass is 16.6. The van der Waals surface area contributed by atoms with Gasteiger partial charge in [0.2, 0.25) is 0 Å². The molecule has 3 aliphatic heterocycles. The van der Waals surface area contributed by atoms with Crippen molar-refractivity contribution in [3.05, 3.63) is 59.2 Å². The maximum absolute atomic E-state index is 10.8. The van der Waals surface area contributed by atoms with E-state index in [0.717, 1.165) is 37.5 Å². The van der Waals surface area contributed by atoms with Crippen LogP contribution in [0.15, 0.2) is 42.5 Å². The number of aromatic hydroxyl groups is 1. The van der Waals surface area contributed by atoms with Crippen molar-refractivity contribution in [2.45, 2.75) is 93.7 Å². The SMILES string of the molecule is O=C(O)C(O)C(O)C(=O)O.Oc1ccc2c3c1OC1[C@H]4OC[C@@]4(CCCc4ccccc4)CC4C(C2)N(CC2CCC2)CCC341. The maximum Gasteiger partial charge on any atom is 0.335 e. The number of nitrogens with zero attached hydrogens (tertiary/aromatic N) is 1. The molecule has 10 nitrogen and oxygen atoms in total. The fourth-order valence-corrected chi connectivity index (χ4v) is 9.42. The Balaban J connectivity index is 0.000000284. The molecule has 8 rings (SSSR count). The Morgan fingerprint density at radius 3 is 2.36 bits per heavy atom. The molecule has 45 heavy (non-hydrogen) atoms. The second kappa shape index (κ2) is 11.6. The Morgan fingerprint density at radius 1 is 1.00 bits per heavy atom. The van der Waals surface area contributed by atoms with Gasteiger partial charge < -0.3 is 35.0 Å². The predicted octanol–water partition coefficient (Wildman–Crippen LogP) is 3.13. The minimum atomic E-state index is -2.27. The quantitative estimate of drug-likeness (QED) is 0.282. The highest BCUT2D eigenvalue weighted by molar-refractivity contribution is 5.83. The lowest BCUT2D eigenvalue weighted by molar-refractivity contribution is -0.280. The molecule has 2 saturated heterocycles. The molecule has 6 aliphatic rings. The third-order valence-electron chi connectivity index (χ3n) is 11.8. The number of likely N-dealkylation sites (tertiary alicyclic amines) is 1. The number of aliphatic hydroxyl groups excluding tert-OH is 2. The van der Waals surface area contributed by atoms with Crippen molar-refractivity contribution in [2.75, 3.05) is 19.7 Å². The van der Waals surface area contributed by atoms with Crippen LogP contribution in [0.25, 0.3) is 0 Å². The number of fused-ring (bicyclic) bond motifs is 2. The molecule has 6 unspecified atom stereocenters. The summed E-state index contributed by atoms with van der Waals surface area (Å²) in [4.78, 5) is 22.4. The van der Waals surface area contributed by atoms with Gasteiger partial charge in [0.05, 0.1) is 6.61 Å². The number of aliphatic carboxylic acids is 2. The van der Waals surface area contributed by atoms with Crippen LogP contribution in [0.4, 0.5) is 0 Å². The first kappa shape index (κ1) is 30.5. The number of piperidine rings is 1. The second-order valence-corrected chi connectivity index (χ2v) is 14.1. The number of carboxylic acid groups (broad SMARTS) is 2. The van der Waals surface area contributed by atoms with Crippen molar-refractivity contribution in [1.82, 2.24) is 4.90 Å². The van der Waals surface area contributed by atoms with E-state index in [9.17, 15) is 14.7 Å². The zero-order valence-corrected chi connectivity index (χ0v) is 25.4. The Bertz CT molecular complexity index is 1430. The minimum absolute atomic E-state index is 0.0243. The number of phenols is 1.